The van der Waals surface area contributed by atoms with Crippen LogP contribution in [0.4, 0.5) is 10.1 Å². The van der Waals surface area contributed by atoms with Crippen molar-refractivity contribution in [1.82, 2.24) is 14.8 Å². The Balaban J connectivity index is 1.76. The lowest BCUT2D eigenvalue weighted by Gasteiger charge is -2.07. The number of carbonyl (C=O) groups excluding carboxylic acids is 1. The fourth-order valence-electron chi connectivity index (χ4n) is 2.88. The van der Waals surface area contributed by atoms with Crippen molar-refractivity contribution in [1.29, 1.82) is 0 Å². The van der Waals surface area contributed by atoms with Gasteiger partial charge in [-0.3, -0.25) is 9.78 Å². The van der Waals surface area contributed by atoms with Crippen LogP contribution in [0.1, 0.15) is 15.9 Å². The Kier molecular flexibility index (Phi) is 4.68. The van der Waals surface area contributed by atoms with Crippen molar-refractivity contribution in [2.45, 2.75) is 6.92 Å². The number of aromatic nitrogens is 3. The third-order valence-corrected chi connectivity index (χ3v) is 4.29. The predicted molar refractivity (Wildman–Crippen MR) is 106 cm³/mol. The maximum Gasteiger partial charge on any atom is 0.259 e. The summed E-state index contributed by atoms with van der Waals surface area (Å²) in [6, 6.07) is 17.7. The van der Waals surface area contributed by atoms with Crippen LogP contribution in [0, 0.1) is 12.7 Å². The molecule has 0 bridgehead atoms. The molecule has 4 rings (SSSR count). The van der Waals surface area contributed by atoms with Gasteiger partial charge in [-0.05, 0) is 48.9 Å². The van der Waals surface area contributed by atoms with E-state index in [1.54, 1.807) is 48.4 Å². The molecule has 0 aliphatic carbocycles. The molecule has 2 heterocycles. The standard InChI is InChI=1S/C22H17FN4O/c1-15-9-10-20(19(23)12-15)25-22(28)18-14-27(17-7-3-2-4-8-17)26-21(18)16-6-5-11-24-13-16/h2-14H,1H3,(H,25,28). The first-order valence-electron chi connectivity index (χ1n) is 8.75. The first kappa shape index (κ1) is 17.6. The van der Waals surface area contributed by atoms with Crippen LogP contribution in [0.3, 0.4) is 0 Å². The fraction of sp³-hybridized carbons (Fsp3) is 0.0455. The molecule has 0 saturated carbocycles. The Bertz CT molecular complexity index is 1120. The Labute approximate surface area is 161 Å². The number of para-hydroxylation sites is 1. The SMILES string of the molecule is Cc1ccc(NC(=O)c2cn(-c3ccccc3)nc2-c2cccnc2)c(F)c1. The quantitative estimate of drug-likeness (QED) is 0.568. The highest BCUT2D eigenvalue weighted by atomic mass is 19.1. The second kappa shape index (κ2) is 7.44. The predicted octanol–water partition coefficient (Wildman–Crippen LogP) is 4.63. The van der Waals surface area contributed by atoms with Crippen molar-refractivity contribution in [3.63, 3.8) is 0 Å². The lowest BCUT2D eigenvalue weighted by molar-refractivity contribution is 0.102. The highest BCUT2D eigenvalue weighted by Gasteiger charge is 2.20. The number of aryl methyl sites for hydroxylation is 1. The number of amides is 1. The molecule has 4 aromatic rings. The van der Waals surface area contributed by atoms with Crippen molar-refractivity contribution in [2.24, 2.45) is 0 Å². The van der Waals surface area contributed by atoms with Gasteiger partial charge in [-0.2, -0.15) is 5.10 Å². The summed E-state index contributed by atoms with van der Waals surface area (Å²) in [5.74, 6) is -0.921. The number of nitrogens with one attached hydrogen (secondary N) is 1. The molecule has 2 aromatic heterocycles. The largest absolute Gasteiger partial charge is 0.319 e. The van der Waals surface area contributed by atoms with Gasteiger partial charge in [-0.15, -0.1) is 0 Å². The van der Waals surface area contributed by atoms with E-state index < -0.39 is 11.7 Å². The first-order chi connectivity index (χ1) is 13.6. The molecule has 0 saturated heterocycles. The van der Waals surface area contributed by atoms with E-state index in [2.05, 4.69) is 15.4 Å². The van der Waals surface area contributed by atoms with Gasteiger partial charge in [0, 0.05) is 24.2 Å². The monoisotopic (exact) mass is 372 g/mol. The van der Waals surface area contributed by atoms with Crippen LogP contribution in [0.15, 0.2) is 79.3 Å². The summed E-state index contributed by atoms with van der Waals surface area (Å²) >= 11 is 0. The molecular formula is C22H17FN4O. The molecule has 1 amide bonds. The van der Waals surface area contributed by atoms with Crippen molar-refractivity contribution in [3.05, 3.63) is 96.2 Å². The zero-order valence-corrected chi connectivity index (χ0v) is 15.1. The normalized spacial score (nSPS) is 10.6. The molecule has 0 unspecified atom stereocenters. The first-order valence-corrected chi connectivity index (χ1v) is 8.75. The lowest BCUT2D eigenvalue weighted by atomic mass is 10.1. The van der Waals surface area contributed by atoms with Crippen LogP contribution in [0.5, 0.6) is 0 Å². The van der Waals surface area contributed by atoms with Gasteiger partial charge in [-0.25, -0.2) is 9.07 Å². The molecule has 28 heavy (non-hydrogen) atoms. The maximum absolute atomic E-state index is 14.2. The number of pyridine rings is 1. The molecule has 6 heteroatoms. The summed E-state index contributed by atoms with van der Waals surface area (Å²) in [5.41, 5.74) is 3.22. The van der Waals surface area contributed by atoms with Crippen molar-refractivity contribution < 1.29 is 9.18 Å². The fourth-order valence-corrected chi connectivity index (χ4v) is 2.88. The van der Waals surface area contributed by atoms with E-state index in [1.165, 1.54) is 6.07 Å². The minimum atomic E-state index is -0.480. The summed E-state index contributed by atoms with van der Waals surface area (Å²) in [6.45, 7) is 1.79. The zero-order valence-electron chi connectivity index (χ0n) is 15.1. The minimum Gasteiger partial charge on any atom is -0.319 e. The smallest absolute Gasteiger partial charge is 0.259 e. The molecule has 0 aliphatic heterocycles. The number of rotatable bonds is 4. The molecule has 138 valence electrons. The zero-order chi connectivity index (χ0) is 19.5. The molecule has 0 radical (unpaired) electrons. The van der Waals surface area contributed by atoms with Gasteiger partial charge in [0.25, 0.3) is 5.91 Å². The lowest BCUT2D eigenvalue weighted by Crippen LogP contribution is -2.13. The van der Waals surface area contributed by atoms with Crippen LogP contribution in [-0.2, 0) is 0 Å². The van der Waals surface area contributed by atoms with Crippen LogP contribution >= 0.6 is 0 Å². The maximum atomic E-state index is 14.2. The van der Waals surface area contributed by atoms with Crippen LogP contribution in [-0.4, -0.2) is 20.7 Å². The number of hydrogen-bond acceptors (Lipinski definition) is 3. The van der Waals surface area contributed by atoms with Gasteiger partial charge >= 0.3 is 0 Å². The molecule has 2 aromatic carbocycles. The van der Waals surface area contributed by atoms with Gasteiger partial charge in [0.2, 0.25) is 0 Å². The number of anilines is 1. The summed E-state index contributed by atoms with van der Waals surface area (Å²) in [5, 5.41) is 7.21. The highest BCUT2D eigenvalue weighted by molar-refractivity contribution is 6.08. The third-order valence-electron chi connectivity index (χ3n) is 4.29. The van der Waals surface area contributed by atoms with Crippen molar-refractivity contribution in [2.75, 3.05) is 5.32 Å². The third kappa shape index (κ3) is 3.53. The van der Waals surface area contributed by atoms with Gasteiger partial charge in [0.15, 0.2) is 0 Å². The van der Waals surface area contributed by atoms with Crippen molar-refractivity contribution in [3.8, 4) is 16.9 Å². The number of carbonyl (C=O) groups is 1. The van der Waals surface area contributed by atoms with E-state index in [0.29, 0.717) is 16.8 Å². The Morgan fingerprint density at radius 1 is 1.07 bits per heavy atom. The van der Waals surface area contributed by atoms with E-state index in [-0.39, 0.29) is 5.69 Å². The van der Waals surface area contributed by atoms with Gasteiger partial charge in [0.05, 0.1) is 16.9 Å². The minimum absolute atomic E-state index is 0.125. The second-order valence-electron chi connectivity index (χ2n) is 6.35. The van der Waals surface area contributed by atoms with E-state index in [0.717, 1.165) is 11.3 Å². The molecule has 0 aliphatic rings. The highest BCUT2D eigenvalue weighted by Crippen LogP contribution is 2.25. The average Bonchev–Trinajstić information content (AvgIpc) is 3.17. The number of hydrogen-bond donors (Lipinski definition) is 1. The van der Waals surface area contributed by atoms with E-state index >= 15 is 0 Å². The van der Waals surface area contributed by atoms with Gasteiger partial charge < -0.3 is 5.32 Å². The Hall–Kier alpha value is -3.80. The molecule has 0 atom stereocenters. The molecule has 0 spiro atoms. The Morgan fingerprint density at radius 2 is 1.89 bits per heavy atom. The van der Waals surface area contributed by atoms with Gasteiger partial charge in [0.1, 0.15) is 11.5 Å². The summed E-state index contributed by atoms with van der Waals surface area (Å²) in [6.07, 6.45) is 4.93. The van der Waals surface area contributed by atoms with Gasteiger partial charge in [-0.1, -0.05) is 24.3 Å². The second-order valence-corrected chi connectivity index (χ2v) is 6.35. The van der Waals surface area contributed by atoms with Crippen LogP contribution < -0.4 is 5.32 Å². The van der Waals surface area contributed by atoms with Crippen LogP contribution in [0.2, 0.25) is 0 Å². The molecular weight excluding hydrogens is 355 g/mol. The Morgan fingerprint density at radius 3 is 2.61 bits per heavy atom. The molecule has 0 fully saturated rings. The molecule has 5 nitrogen and oxygen atoms in total. The number of nitrogens with zero attached hydrogens (tertiary/aromatic N) is 3. The topological polar surface area (TPSA) is 59.8 Å². The van der Waals surface area contributed by atoms with E-state index in [9.17, 15) is 9.18 Å². The number of halogens is 1. The van der Waals surface area contributed by atoms with E-state index in [1.807, 2.05) is 36.4 Å². The molecule has 1 N–H and O–H groups in total. The van der Waals surface area contributed by atoms with Crippen LogP contribution in [0.25, 0.3) is 16.9 Å². The summed E-state index contributed by atoms with van der Waals surface area (Å²) < 4.78 is 15.8. The van der Waals surface area contributed by atoms with Crippen molar-refractivity contribution >= 4 is 11.6 Å². The summed E-state index contributed by atoms with van der Waals surface area (Å²) in [4.78, 5) is 17.0. The average molecular weight is 372 g/mol. The number of benzene rings is 2. The summed E-state index contributed by atoms with van der Waals surface area (Å²) in [7, 11) is 0. The van der Waals surface area contributed by atoms with E-state index in [4.69, 9.17) is 0 Å².